The van der Waals surface area contributed by atoms with Gasteiger partial charge in [-0.2, -0.15) is 0 Å². The van der Waals surface area contributed by atoms with Gasteiger partial charge in [-0.15, -0.1) is 0 Å². The van der Waals surface area contributed by atoms with Crippen molar-refractivity contribution in [2.45, 2.75) is 200 Å². The van der Waals surface area contributed by atoms with Gasteiger partial charge in [0.1, 0.15) is 6.04 Å². The van der Waals surface area contributed by atoms with Crippen LogP contribution in [0.5, 0.6) is 0 Å². The Balaban J connectivity index is 4.10. The summed E-state index contributed by atoms with van der Waals surface area (Å²) < 4.78 is 11.1. The van der Waals surface area contributed by atoms with Crippen molar-refractivity contribution in [3.8, 4) is 0 Å². The van der Waals surface area contributed by atoms with Crippen molar-refractivity contribution >= 4 is 11.9 Å². The number of hydrogen-bond donors (Lipinski definition) is 2. The largest absolute Gasteiger partial charge is 0.466 e. The maximum absolute atomic E-state index is 12.9. The lowest BCUT2D eigenvalue weighted by Crippen LogP contribution is -2.39. The summed E-state index contributed by atoms with van der Waals surface area (Å²) in [4.78, 5) is 24.9. The van der Waals surface area contributed by atoms with Crippen molar-refractivity contribution < 1.29 is 24.2 Å². The maximum atomic E-state index is 12.9. The topological polar surface area (TPSA) is 84.9 Å². The fourth-order valence-electron chi connectivity index (χ4n) is 5.92. The Morgan fingerprint density at radius 2 is 1.02 bits per heavy atom. The second kappa shape index (κ2) is 34.7. The molecule has 44 heavy (non-hydrogen) atoms. The van der Waals surface area contributed by atoms with Crippen LogP contribution in [0.15, 0.2) is 0 Å². The van der Waals surface area contributed by atoms with E-state index in [-0.39, 0.29) is 24.6 Å². The van der Waals surface area contributed by atoms with Crippen LogP contribution in [0.1, 0.15) is 194 Å². The molecule has 0 aliphatic rings. The molecule has 0 aromatic heterocycles. The average molecular weight is 626 g/mol. The smallest absolute Gasteiger partial charge is 0.323 e. The Morgan fingerprint density at radius 3 is 1.68 bits per heavy atom. The van der Waals surface area contributed by atoms with Gasteiger partial charge < -0.3 is 19.9 Å². The number of rotatable bonds is 35. The average Bonchev–Trinajstić information content (AvgIpc) is 3.02. The second-order valence-corrected chi connectivity index (χ2v) is 13.1. The summed E-state index contributed by atoms with van der Waals surface area (Å²) in [5.41, 5.74) is 0. The van der Waals surface area contributed by atoms with Crippen molar-refractivity contribution in [2.24, 2.45) is 5.92 Å². The Morgan fingerprint density at radius 1 is 0.545 bits per heavy atom. The number of carbonyl (C=O) groups excluding carboxylic acids is 2. The number of esters is 2. The van der Waals surface area contributed by atoms with Crippen LogP contribution in [0.2, 0.25) is 0 Å². The van der Waals surface area contributed by atoms with Gasteiger partial charge in [0, 0.05) is 13.0 Å². The summed E-state index contributed by atoms with van der Waals surface area (Å²) in [7, 11) is 0. The third-order valence-corrected chi connectivity index (χ3v) is 8.83. The van der Waals surface area contributed by atoms with E-state index in [1.807, 2.05) is 0 Å². The highest BCUT2D eigenvalue weighted by Crippen LogP contribution is 2.23. The van der Waals surface area contributed by atoms with Gasteiger partial charge >= 0.3 is 11.9 Å². The molecule has 0 radical (unpaired) electrons. The maximum Gasteiger partial charge on any atom is 0.323 e. The van der Waals surface area contributed by atoms with Gasteiger partial charge in [-0.1, -0.05) is 149 Å². The zero-order valence-electron chi connectivity index (χ0n) is 29.7. The zero-order valence-corrected chi connectivity index (χ0v) is 29.7. The molecule has 0 aromatic carbocycles. The summed E-state index contributed by atoms with van der Waals surface area (Å²) in [5.74, 6) is 0.549. The van der Waals surface area contributed by atoms with Crippen molar-refractivity contribution in [3.63, 3.8) is 0 Å². The first-order valence-corrected chi connectivity index (χ1v) is 19.2. The highest BCUT2D eigenvalue weighted by atomic mass is 16.5. The molecule has 6 heteroatoms. The first kappa shape index (κ1) is 42.9. The lowest BCUT2D eigenvalue weighted by molar-refractivity contribution is -0.147. The molecule has 2 unspecified atom stereocenters. The van der Waals surface area contributed by atoms with E-state index in [1.165, 1.54) is 96.3 Å². The van der Waals surface area contributed by atoms with E-state index in [0.29, 0.717) is 32.6 Å². The number of hydrogen-bond acceptors (Lipinski definition) is 6. The number of nitrogens with one attached hydrogen (secondary N) is 1. The molecule has 0 saturated carbocycles. The quantitative estimate of drug-likeness (QED) is 0.0538. The molecule has 0 amide bonds. The van der Waals surface area contributed by atoms with Gasteiger partial charge in [-0.05, 0) is 51.0 Å². The van der Waals surface area contributed by atoms with Crippen LogP contribution in [0.3, 0.4) is 0 Å². The van der Waals surface area contributed by atoms with Gasteiger partial charge in [0.05, 0.1) is 13.2 Å². The molecule has 0 bridgehead atoms. The lowest BCUT2D eigenvalue weighted by atomic mass is 9.91. The summed E-state index contributed by atoms with van der Waals surface area (Å²) >= 11 is 0. The number of unbranched alkanes of at least 4 members (excludes halogenated alkanes) is 16. The minimum absolute atomic E-state index is 0.0624. The zero-order chi connectivity index (χ0) is 32.4. The van der Waals surface area contributed by atoms with Crippen LogP contribution in [-0.4, -0.2) is 49.5 Å². The molecule has 0 heterocycles. The monoisotopic (exact) mass is 626 g/mol. The molecule has 6 nitrogen and oxygen atoms in total. The summed E-state index contributed by atoms with van der Waals surface area (Å²) in [6.07, 6.45) is 30.7. The predicted molar refractivity (Wildman–Crippen MR) is 186 cm³/mol. The fourth-order valence-corrected chi connectivity index (χ4v) is 5.92. The van der Waals surface area contributed by atoms with Crippen LogP contribution in [0.25, 0.3) is 0 Å². The number of aliphatic hydroxyl groups excluding tert-OH is 1. The minimum atomic E-state index is -0.303. The van der Waals surface area contributed by atoms with E-state index in [9.17, 15) is 14.7 Å². The Labute approximate surface area is 273 Å². The van der Waals surface area contributed by atoms with E-state index < -0.39 is 0 Å². The normalized spacial score (nSPS) is 12.7. The number of ether oxygens (including phenoxy) is 2. The van der Waals surface area contributed by atoms with Crippen molar-refractivity contribution in [3.05, 3.63) is 0 Å². The van der Waals surface area contributed by atoms with Crippen molar-refractivity contribution in [2.75, 3.05) is 26.4 Å². The molecule has 2 N–H and O–H groups in total. The lowest BCUT2D eigenvalue weighted by Gasteiger charge is -2.19. The summed E-state index contributed by atoms with van der Waals surface area (Å²) in [5, 5.41) is 12.5. The van der Waals surface area contributed by atoms with Crippen LogP contribution in [0.4, 0.5) is 0 Å². The summed E-state index contributed by atoms with van der Waals surface area (Å²) in [6, 6.07) is -0.303. The molecule has 0 spiro atoms. The minimum Gasteiger partial charge on any atom is -0.466 e. The number of carbonyl (C=O) groups is 2. The molecule has 0 saturated heterocycles. The van der Waals surface area contributed by atoms with E-state index in [4.69, 9.17) is 9.47 Å². The van der Waals surface area contributed by atoms with Gasteiger partial charge in [0.15, 0.2) is 0 Å². The first-order valence-electron chi connectivity index (χ1n) is 19.2. The number of aliphatic hydroxyl groups is 1. The third-order valence-electron chi connectivity index (χ3n) is 8.83. The van der Waals surface area contributed by atoms with E-state index in [2.05, 4.69) is 26.1 Å². The van der Waals surface area contributed by atoms with E-state index in [1.54, 1.807) is 0 Å². The molecular formula is C38H75NO5. The van der Waals surface area contributed by atoms with Gasteiger partial charge in [0.25, 0.3) is 0 Å². The molecule has 0 aliphatic heterocycles. The van der Waals surface area contributed by atoms with E-state index >= 15 is 0 Å². The molecule has 2 atom stereocenters. The Bertz CT molecular complexity index is 614. The van der Waals surface area contributed by atoms with Crippen LogP contribution in [0, 0.1) is 5.92 Å². The van der Waals surface area contributed by atoms with Crippen LogP contribution >= 0.6 is 0 Å². The van der Waals surface area contributed by atoms with Crippen molar-refractivity contribution in [1.82, 2.24) is 5.32 Å². The second-order valence-electron chi connectivity index (χ2n) is 13.1. The van der Waals surface area contributed by atoms with Crippen molar-refractivity contribution in [1.29, 1.82) is 0 Å². The summed E-state index contributed by atoms with van der Waals surface area (Å²) in [6.45, 7) is 8.58. The van der Waals surface area contributed by atoms with E-state index in [0.717, 1.165) is 70.1 Å². The van der Waals surface area contributed by atoms with Gasteiger partial charge in [0.2, 0.25) is 0 Å². The Hall–Kier alpha value is -1.14. The third kappa shape index (κ3) is 29.6. The predicted octanol–water partition coefficient (Wildman–Crippen LogP) is 10.2. The van der Waals surface area contributed by atoms with Gasteiger partial charge in [-0.3, -0.25) is 9.59 Å². The molecule has 0 aliphatic carbocycles. The molecule has 262 valence electrons. The molecule has 0 aromatic rings. The van der Waals surface area contributed by atoms with Gasteiger partial charge in [-0.25, -0.2) is 0 Å². The first-order chi connectivity index (χ1) is 21.6. The molecule has 0 fully saturated rings. The molecule has 0 rings (SSSR count). The Kier molecular flexibility index (Phi) is 33.8. The standard InChI is InChI=1S/C38H75NO5/c1-4-7-10-12-13-14-18-23-33-43-37(41)30-22-17-15-16-21-29-36(39-31-25-32-40)38(42)44-34-24-28-35(26-19-9-6-3)27-20-11-8-5-2/h35-36,39-40H,4-34H2,1-3H3. The highest BCUT2D eigenvalue weighted by Gasteiger charge is 2.19. The highest BCUT2D eigenvalue weighted by molar-refractivity contribution is 5.75. The molecular weight excluding hydrogens is 550 g/mol. The van der Waals surface area contributed by atoms with Crippen LogP contribution < -0.4 is 5.32 Å². The van der Waals surface area contributed by atoms with Crippen LogP contribution in [-0.2, 0) is 19.1 Å². The SMILES string of the molecule is CCCCCCCCCCOC(=O)CCCCCCCC(NCCCO)C(=O)OCCCC(CCCCC)CCCCCC. The fraction of sp³-hybridized carbons (Fsp3) is 0.947.